The molecule has 2 aromatic carbocycles. The molecule has 0 unspecified atom stereocenters. The maximum atomic E-state index is 13.9. The third kappa shape index (κ3) is 4.43. The van der Waals surface area contributed by atoms with Crippen LogP contribution in [0.1, 0.15) is 26.5 Å². The molecule has 27 heavy (non-hydrogen) atoms. The number of thiazole rings is 1. The molecule has 3 rings (SSSR count). The highest BCUT2D eigenvalue weighted by atomic mass is 32.1. The number of halogens is 1. The number of nitrogens with zero attached hydrogens (tertiary/aromatic N) is 1. The van der Waals surface area contributed by atoms with Gasteiger partial charge in [-0.3, -0.25) is 10.1 Å². The number of benzene rings is 2. The molecule has 5 nitrogen and oxygen atoms in total. The lowest BCUT2D eigenvalue weighted by Gasteiger charge is -2.08. The Kier molecular flexibility index (Phi) is 5.71. The number of hydrogen-bond donors (Lipinski definition) is 1. The van der Waals surface area contributed by atoms with Gasteiger partial charge in [0.2, 0.25) is 0 Å². The Morgan fingerprint density at radius 1 is 1.15 bits per heavy atom. The van der Waals surface area contributed by atoms with Crippen molar-refractivity contribution in [3.8, 4) is 11.5 Å². The van der Waals surface area contributed by atoms with Crippen LogP contribution < -0.4 is 14.8 Å². The first kappa shape index (κ1) is 18.8. The summed E-state index contributed by atoms with van der Waals surface area (Å²) in [6.07, 6.45) is 0.430. The summed E-state index contributed by atoms with van der Waals surface area (Å²) in [6, 6.07) is 11.6. The quantitative estimate of drug-likeness (QED) is 0.680. The van der Waals surface area contributed by atoms with Gasteiger partial charge < -0.3 is 9.47 Å². The number of aromatic nitrogens is 1. The molecule has 0 aliphatic heterocycles. The average molecular weight is 386 g/mol. The molecule has 0 fully saturated rings. The molecule has 1 aromatic heterocycles. The second-order valence-corrected chi connectivity index (χ2v) is 6.93. The fourth-order valence-electron chi connectivity index (χ4n) is 2.57. The summed E-state index contributed by atoms with van der Waals surface area (Å²) >= 11 is 1.33. The lowest BCUT2D eigenvalue weighted by molar-refractivity contribution is 0.102. The van der Waals surface area contributed by atoms with Gasteiger partial charge in [-0.15, -0.1) is 11.3 Å². The molecule has 0 aliphatic rings. The van der Waals surface area contributed by atoms with Crippen molar-refractivity contribution in [1.29, 1.82) is 0 Å². The fraction of sp³-hybridized carbons (Fsp3) is 0.200. The van der Waals surface area contributed by atoms with Crippen molar-refractivity contribution in [2.24, 2.45) is 0 Å². The number of aryl methyl sites for hydroxylation is 1. The summed E-state index contributed by atoms with van der Waals surface area (Å²) in [6.45, 7) is 1.84. The maximum Gasteiger partial charge on any atom is 0.257 e. The molecule has 0 spiro atoms. The topological polar surface area (TPSA) is 60.5 Å². The number of ether oxygens (including phenoxy) is 2. The van der Waals surface area contributed by atoms with Crippen LogP contribution in [-0.4, -0.2) is 25.1 Å². The smallest absolute Gasteiger partial charge is 0.257 e. The van der Waals surface area contributed by atoms with Crippen molar-refractivity contribution in [3.05, 3.63) is 70.0 Å². The molecule has 0 saturated carbocycles. The minimum absolute atomic E-state index is 0.251. The van der Waals surface area contributed by atoms with Gasteiger partial charge in [0.25, 0.3) is 5.91 Å². The fourth-order valence-corrected chi connectivity index (χ4v) is 3.55. The number of amides is 1. The first-order chi connectivity index (χ1) is 13.0. The second-order valence-electron chi connectivity index (χ2n) is 5.85. The van der Waals surface area contributed by atoms with E-state index >= 15 is 0 Å². The highest BCUT2D eigenvalue weighted by Crippen LogP contribution is 2.28. The van der Waals surface area contributed by atoms with Gasteiger partial charge in [0.15, 0.2) is 5.13 Å². The summed E-state index contributed by atoms with van der Waals surface area (Å²) in [5.41, 5.74) is 1.76. The standard InChI is InChI=1S/C20H19FN2O3S/c1-12-18(10-13-6-4-5-7-17(13)21)27-20(22-12)23-19(24)14-8-15(25-2)11-16(9-14)26-3/h4-9,11H,10H2,1-3H3,(H,22,23,24). The first-order valence-electron chi connectivity index (χ1n) is 8.24. The van der Waals surface area contributed by atoms with Gasteiger partial charge in [0.05, 0.1) is 19.9 Å². The van der Waals surface area contributed by atoms with Gasteiger partial charge in [-0.2, -0.15) is 0 Å². The maximum absolute atomic E-state index is 13.9. The van der Waals surface area contributed by atoms with Gasteiger partial charge in [-0.05, 0) is 30.7 Å². The predicted molar refractivity (Wildman–Crippen MR) is 104 cm³/mol. The summed E-state index contributed by atoms with van der Waals surface area (Å²) < 4.78 is 24.3. The summed E-state index contributed by atoms with van der Waals surface area (Å²) in [5, 5.41) is 3.25. The molecule has 0 radical (unpaired) electrons. The molecule has 0 bridgehead atoms. The van der Waals surface area contributed by atoms with Gasteiger partial charge in [0.1, 0.15) is 17.3 Å². The van der Waals surface area contributed by atoms with E-state index < -0.39 is 0 Å². The number of methoxy groups -OCH3 is 2. The van der Waals surface area contributed by atoms with Crippen LogP contribution in [0.3, 0.4) is 0 Å². The van der Waals surface area contributed by atoms with Crippen molar-refractivity contribution in [2.75, 3.05) is 19.5 Å². The second kappa shape index (κ2) is 8.18. The van der Waals surface area contributed by atoms with Crippen LogP contribution in [0.15, 0.2) is 42.5 Å². The zero-order valence-corrected chi connectivity index (χ0v) is 16.0. The Balaban J connectivity index is 1.79. The Hall–Kier alpha value is -2.93. The van der Waals surface area contributed by atoms with E-state index in [1.807, 2.05) is 6.92 Å². The lowest BCUT2D eigenvalue weighted by atomic mass is 10.1. The Bertz CT molecular complexity index is 949. The van der Waals surface area contributed by atoms with Gasteiger partial charge in [-0.25, -0.2) is 9.37 Å². The molecule has 3 aromatic rings. The van der Waals surface area contributed by atoms with E-state index in [1.165, 1.54) is 31.6 Å². The van der Waals surface area contributed by atoms with Crippen molar-refractivity contribution in [2.45, 2.75) is 13.3 Å². The average Bonchev–Trinajstić information content (AvgIpc) is 3.01. The number of nitrogens with one attached hydrogen (secondary N) is 1. The lowest BCUT2D eigenvalue weighted by Crippen LogP contribution is -2.12. The van der Waals surface area contributed by atoms with E-state index in [-0.39, 0.29) is 11.7 Å². The Labute approximate surface area is 160 Å². The minimum atomic E-state index is -0.321. The Morgan fingerprint density at radius 2 is 1.81 bits per heavy atom. The van der Waals surface area contributed by atoms with E-state index in [4.69, 9.17) is 9.47 Å². The summed E-state index contributed by atoms with van der Waals surface area (Å²) in [5.74, 6) is 0.475. The number of anilines is 1. The van der Waals surface area contributed by atoms with E-state index in [0.717, 1.165) is 10.6 Å². The van der Waals surface area contributed by atoms with Crippen LogP contribution >= 0.6 is 11.3 Å². The number of carbonyl (C=O) groups excluding carboxylic acids is 1. The minimum Gasteiger partial charge on any atom is -0.497 e. The molecule has 140 valence electrons. The molecule has 0 atom stereocenters. The van der Waals surface area contributed by atoms with Crippen LogP contribution in [0.25, 0.3) is 0 Å². The van der Waals surface area contributed by atoms with Crippen molar-refractivity contribution in [3.63, 3.8) is 0 Å². The Morgan fingerprint density at radius 3 is 2.44 bits per heavy atom. The van der Waals surface area contributed by atoms with Crippen LogP contribution in [0.5, 0.6) is 11.5 Å². The van der Waals surface area contributed by atoms with E-state index in [9.17, 15) is 9.18 Å². The van der Waals surface area contributed by atoms with Crippen molar-refractivity contribution >= 4 is 22.4 Å². The van der Waals surface area contributed by atoms with Crippen LogP contribution in [0.4, 0.5) is 9.52 Å². The van der Waals surface area contributed by atoms with Gasteiger partial charge >= 0.3 is 0 Å². The third-order valence-corrected chi connectivity index (χ3v) is 5.11. The molecule has 0 aliphatic carbocycles. The van der Waals surface area contributed by atoms with Gasteiger partial charge in [-0.1, -0.05) is 18.2 Å². The van der Waals surface area contributed by atoms with E-state index in [0.29, 0.717) is 34.2 Å². The van der Waals surface area contributed by atoms with E-state index in [1.54, 1.807) is 36.4 Å². The molecular weight excluding hydrogens is 367 g/mol. The highest BCUT2D eigenvalue weighted by Gasteiger charge is 2.15. The zero-order chi connectivity index (χ0) is 19.4. The van der Waals surface area contributed by atoms with E-state index in [2.05, 4.69) is 10.3 Å². The largest absolute Gasteiger partial charge is 0.497 e. The molecule has 1 heterocycles. The zero-order valence-electron chi connectivity index (χ0n) is 15.2. The van der Waals surface area contributed by atoms with Crippen LogP contribution in [0.2, 0.25) is 0 Å². The SMILES string of the molecule is COc1cc(OC)cc(C(=O)Nc2nc(C)c(Cc3ccccc3F)s2)c1. The van der Waals surface area contributed by atoms with Crippen molar-refractivity contribution < 1.29 is 18.7 Å². The monoisotopic (exact) mass is 386 g/mol. The van der Waals surface area contributed by atoms with Crippen LogP contribution in [-0.2, 0) is 6.42 Å². The molecule has 7 heteroatoms. The summed E-state index contributed by atoms with van der Waals surface area (Å²) in [4.78, 5) is 17.9. The normalized spacial score (nSPS) is 10.5. The number of carbonyl (C=O) groups is 1. The predicted octanol–water partition coefficient (Wildman–Crippen LogP) is 4.45. The van der Waals surface area contributed by atoms with Crippen molar-refractivity contribution in [1.82, 2.24) is 4.98 Å². The number of hydrogen-bond acceptors (Lipinski definition) is 5. The molecule has 0 saturated heterocycles. The highest BCUT2D eigenvalue weighted by molar-refractivity contribution is 7.15. The number of rotatable bonds is 6. The van der Waals surface area contributed by atoms with Gasteiger partial charge in [0, 0.05) is 22.9 Å². The summed E-state index contributed by atoms with van der Waals surface area (Å²) in [7, 11) is 3.05. The molecular formula is C20H19FN2O3S. The first-order valence-corrected chi connectivity index (χ1v) is 9.06. The molecule has 1 N–H and O–H groups in total. The van der Waals surface area contributed by atoms with Crippen LogP contribution in [0, 0.1) is 12.7 Å². The third-order valence-electron chi connectivity index (χ3n) is 4.04. The molecule has 1 amide bonds.